The van der Waals surface area contributed by atoms with Gasteiger partial charge in [-0.25, -0.2) is 0 Å². The molecule has 0 atom stereocenters. The van der Waals surface area contributed by atoms with Gasteiger partial charge in [0.15, 0.2) is 0 Å². The molecule has 0 saturated carbocycles. The summed E-state index contributed by atoms with van der Waals surface area (Å²) in [5, 5.41) is 17.8. The van der Waals surface area contributed by atoms with Crippen molar-refractivity contribution in [2.45, 2.75) is 6.61 Å². The van der Waals surface area contributed by atoms with E-state index < -0.39 is 7.12 Å². The molecule has 0 bridgehead atoms. The molecule has 0 fully saturated rings. The van der Waals surface area contributed by atoms with Gasteiger partial charge in [-0.3, -0.25) is 4.98 Å². The van der Waals surface area contributed by atoms with Gasteiger partial charge in [0, 0.05) is 25.0 Å². The monoisotopic (exact) mass is 167 g/mol. The van der Waals surface area contributed by atoms with Gasteiger partial charge in [-0.15, -0.1) is 0 Å². The molecular weight excluding hydrogens is 157 g/mol. The summed E-state index contributed by atoms with van der Waals surface area (Å²) in [4.78, 5) is 3.77. The van der Waals surface area contributed by atoms with Crippen LogP contribution in [0.2, 0.25) is 0 Å². The van der Waals surface area contributed by atoms with E-state index >= 15 is 0 Å². The average molecular weight is 167 g/mol. The van der Waals surface area contributed by atoms with Gasteiger partial charge in [0.25, 0.3) is 0 Å². The number of methoxy groups -OCH3 is 1. The summed E-state index contributed by atoms with van der Waals surface area (Å²) in [5.41, 5.74) is 1.13. The zero-order chi connectivity index (χ0) is 8.97. The van der Waals surface area contributed by atoms with Gasteiger partial charge in [0.2, 0.25) is 0 Å². The summed E-state index contributed by atoms with van der Waals surface area (Å²) >= 11 is 0. The van der Waals surface area contributed by atoms with Crippen LogP contribution in [0.25, 0.3) is 0 Å². The summed E-state index contributed by atoms with van der Waals surface area (Å²) in [7, 11) is 0.0670. The molecule has 1 rings (SSSR count). The van der Waals surface area contributed by atoms with Crippen molar-refractivity contribution in [1.82, 2.24) is 4.98 Å². The Hall–Kier alpha value is -0.905. The predicted octanol–water partition coefficient (Wildman–Crippen LogP) is -1.09. The highest BCUT2D eigenvalue weighted by atomic mass is 16.5. The molecular formula is C7H10BNO3. The van der Waals surface area contributed by atoms with Gasteiger partial charge in [0.05, 0.1) is 6.61 Å². The highest BCUT2D eigenvalue weighted by Gasteiger charge is 2.15. The number of hydrogen-bond acceptors (Lipinski definition) is 4. The fraction of sp³-hybridized carbons (Fsp3) is 0.286. The normalized spacial score (nSPS) is 9.92. The SMILES string of the molecule is COCc1ccncc1B(O)O. The van der Waals surface area contributed by atoms with Crippen LogP contribution in [0.4, 0.5) is 0 Å². The number of rotatable bonds is 3. The largest absolute Gasteiger partial charge is 0.490 e. The van der Waals surface area contributed by atoms with Crippen molar-refractivity contribution < 1.29 is 14.8 Å². The van der Waals surface area contributed by atoms with E-state index in [1.807, 2.05) is 0 Å². The molecule has 1 aromatic heterocycles. The molecule has 0 aromatic carbocycles. The van der Waals surface area contributed by atoms with E-state index in [9.17, 15) is 0 Å². The second kappa shape index (κ2) is 4.20. The third-order valence-electron chi connectivity index (χ3n) is 1.52. The first-order chi connectivity index (χ1) is 5.75. The standard InChI is InChI=1S/C7H10BNO3/c1-12-5-6-2-3-9-4-7(6)8(10)11/h2-4,10-11H,5H2,1H3. The number of nitrogens with zero attached hydrogens (tertiary/aromatic N) is 1. The Balaban J connectivity index is 2.92. The molecule has 1 aromatic rings. The number of pyridine rings is 1. The van der Waals surface area contributed by atoms with Crippen molar-refractivity contribution in [2.75, 3.05) is 7.11 Å². The number of hydrogen-bond donors (Lipinski definition) is 2. The van der Waals surface area contributed by atoms with Crippen molar-refractivity contribution in [2.24, 2.45) is 0 Å². The molecule has 0 unspecified atom stereocenters. The minimum absolute atomic E-state index is 0.357. The van der Waals surface area contributed by atoms with E-state index in [4.69, 9.17) is 14.8 Å². The van der Waals surface area contributed by atoms with Crippen LogP contribution in [0.15, 0.2) is 18.5 Å². The van der Waals surface area contributed by atoms with Gasteiger partial charge >= 0.3 is 7.12 Å². The summed E-state index contributed by atoms with van der Waals surface area (Å²) in [6, 6.07) is 1.69. The van der Waals surface area contributed by atoms with Crippen LogP contribution in [0.1, 0.15) is 5.56 Å². The van der Waals surface area contributed by atoms with E-state index in [2.05, 4.69) is 4.98 Å². The Labute approximate surface area is 71.0 Å². The average Bonchev–Trinajstić information content (AvgIpc) is 2.05. The molecule has 0 aliphatic rings. The maximum Gasteiger partial charge on any atom is 0.490 e. The molecule has 1 heterocycles. The van der Waals surface area contributed by atoms with Gasteiger partial charge < -0.3 is 14.8 Å². The second-order valence-electron chi connectivity index (χ2n) is 2.38. The molecule has 0 spiro atoms. The smallest absolute Gasteiger partial charge is 0.423 e. The van der Waals surface area contributed by atoms with E-state index in [-0.39, 0.29) is 0 Å². The fourth-order valence-corrected chi connectivity index (χ4v) is 0.955. The van der Waals surface area contributed by atoms with Gasteiger partial charge in [-0.2, -0.15) is 0 Å². The number of aromatic nitrogens is 1. The quantitative estimate of drug-likeness (QED) is 0.561. The van der Waals surface area contributed by atoms with E-state index in [1.165, 1.54) is 6.20 Å². The van der Waals surface area contributed by atoms with Crippen LogP contribution in [-0.4, -0.2) is 29.3 Å². The lowest BCUT2D eigenvalue weighted by molar-refractivity contribution is 0.185. The molecule has 2 N–H and O–H groups in total. The Morgan fingerprint density at radius 3 is 2.92 bits per heavy atom. The molecule has 0 aliphatic carbocycles. The lowest BCUT2D eigenvalue weighted by Crippen LogP contribution is -2.33. The Morgan fingerprint density at radius 2 is 2.33 bits per heavy atom. The summed E-state index contributed by atoms with van der Waals surface area (Å²) in [6.45, 7) is 0.357. The lowest BCUT2D eigenvalue weighted by Gasteiger charge is -2.05. The van der Waals surface area contributed by atoms with Crippen LogP contribution in [0.3, 0.4) is 0 Å². The summed E-state index contributed by atoms with van der Waals surface area (Å²) in [6.07, 6.45) is 3.00. The summed E-state index contributed by atoms with van der Waals surface area (Å²) < 4.78 is 4.87. The van der Waals surface area contributed by atoms with Crippen molar-refractivity contribution in [3.63, 3.8) is 0 Å². The predicted molar refractivity (Wildman–Crippen MR) is 44.8 cm³/mol. The lowest BCUT2D eigenvalue weighted by atomic mass is 9.78. The molecule has 0 amide bonds. The molecule has 4 nitrogen and oxygen atoms in total. The minimum atomic E-state index is -1.48. The summed E-state index contributed by atoms with van der Waals surface area (Å²) in [5.74, 6) is 0. The number of ether oxygens (including phenoxy) is 1. The van der Waals surface area contributed by atoms with Crippen LogP contribution in [0, 0.1) is 0 Å². The van der Waals surface area contributed by atoms with E-state index in [0.717, 1.165) is 5.56 Å². The van der Waals surface area contributed by atoms with Crippen LogP contribution in [-0.2, 0) is 11.3 Å². The van der Waals surface area contributed by atoms with Crippen molar-refractivity contribution in [3.8, 4) is 0 Å². The molecule has 0 aliphatic heterocycles. The van der Waals surface area contributed by atoms with Crippen molar-refractivity contribution >= 4 is 12.6 Å². The zero-order valence-electron chi connectivity index (χ0n) is 6.77. The van der Waals surface area contributed by atoms with Crippen LogP contribution < -0.4 is 5.46 Å². The first-order valence-electron chi connectivity index (χ1n) is 3.53. The van der Waals surface area contributed by atoms with E-state index in [1.54, 1.807) is 19.4 Å². The van der Waals surface area contributed by atoms with Crippen LogP contribution >= 0.6 is 0 Å². The molecule has 12 heavy (non-hydrogen) atoms. The fourth-order valence-electron chi connectivity index (χ4n) is 0.955. The maximum atomic E-state index is 8.89. The van der Waals surface area contributed by atoms with Gasteiger partial charge in [-0.05, 0) is 11.6 Å². The van der Waals surface area contributed by atoms with Gasteiger partial charge in [0.1, 0.15) is 0 Å². The van der Waals surface area contributed by atoms with Crippen molar-refractivity contribution in [1.29, 1.82) is 0 Å². The molecule has 0 saturated heterocycles. The molecule has 0 radical (unpaired) electrons. The highest BCUT2D eigenvalue weighted by Crippen LogP contribution is 1.96. The van der Waals surface area contributed by atoms with E-state index in [0.29, 0.717) is 12.1 Å². The highest BCUT2D eigenvalue weighted by molar-refractivity contribution is 6.59. The Morgan fingerprint density at radius 1 is 1.58 bits per heavy atom. The first kappa shape index (κ1) is 9.19. The second-order valence-corrected chi connectivity index (χ2v) is 2.38. The Bertz CT molecular complexity index is 254. The van der Waals surface area contributed by atoms with Crippen molar-refractivity contribution in [3.05, 3.63) is 24.0 Å². The minimum Gasteiger partial charge on any atom is -0.423 e. The maximum absolute atomic E-state index is 8.89. The third kappa shape index (κ3) is 2.04. The Kier molecular flexibility index (Phi) is 3.22. The third-order valence-corrected chi connectivity index (χ3v) is 1.52. The topological polar surface area (TPSA) is 62.6 Å². The first-order valence-corrected chi connectivity index (χ1v) is 3.53. The van der Waals surface area contributed by atoms with Crippen LogP contribution in [0.5, 0.6) is 0 Å². The zero-order valence-corrected chi connectivity index (χ0v) is 6.77. The molecule has 64 valence electrons. The van der Waals surface area contributed by atoms with Gasteiger partial charge in [-0.1, -0.05) is 0 Å². The molecule has 5 heteroatoms.